The number of carboxylic acid groups (broad SMARTS) is 1. The highest BCUT2D eigenvalue weighted by Crippen LogP contribution is 2.41. The van der Waals surface area contributed by atoms with Crippen molar-refractivity contribution in [1.82, 2.24) is 0 Å². The van der Waals surface area contributed by atoms with Crippen molar-refractivity contribution in [2.45, 2.75) is 6.61 Å². The Morgan fingerprint density at radius 2 is 1.79 bits per heavy atom. The van der Waals surface area contributed by atoms with Gasteiger partial charge >= 0.3 is 5.97 Å². The Morgan fingerprint density at radius 1 is 1.08 bits per heavy atom. The molecule has 3 aromatic rings. The summed E-state index contributed by atoms with van der Waals surface area (Å²) in [4.78, 5) is 11.1. The van der Waals surface area contributed by atoms with Crippen LogP contribution in [0, 0.1) is 23.3 Å². The number of hydrogen-bond acceptors (Lipinski definition) is 3. The third-order valence-electron chi connectivity index (χ3n) is 3.52. The first-order valence-corrected chi connectivity index (χ1v) is 7.39. The minimum Gasteiger partial charge on any atom is -0.477 e. The Labute approximate surface area is 136 Å². The quantitative estimate of drug-likeness (QED) is 0.543. The molecule has 0 saturated carbocycles. The van der Waals surface area contributed by atoms with Crippen LogP contribution in [0.1, 0.15) is 15.2 Å². The van der Waals surface area contributed by atoms with E-state index in [4.69, 9.17) is 5.11 Å². The topological polar surface area (TPSA) is 57.5 Å². The molecule has 8 heteroatoms. The Hall–Kier alpha value is -2.45. The molecule has 0 bridgehead atoms. The predicted molar refractivity (Wildman–Crippen MR) is 80.0 cm³/mol. The molecule has 124 valence electrons. The van der Waals surface area contributed by atoms with Crippen LogP contribution in [0.25, 0.3) is 21.2 Å². The molecule has 1 aromatic heterocycles. The number of carboxylic acids is 1. The lowest BCUT2D eigenvalue weighted by Gasteiger charge is -2.10. The van der Waals surface area contributed by atoms with Gasteiger partial charge in [-0.25, -0.2) is 22.4 Å². The van der Waals surface area contributed by atoms with Gasteiger partial charge in [-0.05, 0) is 24.3 Å². The molecule has 0 amide bonds. The maximum atomic E-state index is 14.5. The van der Waals surface area contributed by atoms with E-state index in [2.05, 4.69) is 0 Å². The van der Waals surface area contributed by atoms with Gasteiger partial charge in [-0.15, -0.1) is 11.3 Å². The van der Waals surface area contributed by atoms with Crippen molar-refractivity contribution < 1.29 is 32.6 Å². The van der Waals surface area contributed by atoms with Crippen molar-refractivity contribution in [2.75, 3.05) is 0 Å². The summed E-state index contributed by atoms with van der Waals surface area (Å²) in [6.45, 7) is -1.10. The Bertz CT molecular complexity index is 981. The van der Waals surface area contributed by atoms with Gasteiger partial charge in [0.05, 0.1) is 12.2 Å². The summed E-state index contributed by atoms with van der Waals surface area (Å²) in [5, 5.41) is 18.6. The first kappa shape index (κ1) is 16.4. The molecular weight excluding hydrogens is 348 g/mol. The van der Waals surface area contributed by atoms with Gasteiger partial charge in [0.25, 0.3) is 0 Å². The molecule has 0 unspecified atom stereocenters. The summed E-state index contributed by atoms with van der Waals surface area (Å²) in [5.74, 6) is -6.26. The second kappa shape index (κ2) is 5.88. The average Bonchev–Trinajstić information content (AvgIpc) is 2.90. The normalized spacial score (nSPS) is 11.2. The summed E-state index contributed by atoms with van der Waals surface area (Å²) in [5.41, 5.74) is -1.59. The smallest absolute Gasteiger partial charge is 0.346 e. The summed E-state index contributed by atoms with van der Waals surface area (Å²) >= 11 is 0.688. The van der Waals surface area contributed by atoms with Crippen molar-refractivity contribution >= 4 is 27.4 Å². The van der Waals surface area contributed by atoms with Crippen LogP contribution in [0.3, 0.4) is 0 Å². The molecule has 0 atom stereocenters. The molecule has 24 heavy (non-hydrogen) atoms. The summed E-state index contributed by atoms with van der Waals surface area (Å²) in [6.07, 6.45) is 0. The molecule has 0 radical (unpaired) electrons. The number of aromatic carboxylic acids is 1. The molecule has 2 aromatic carbocycles. The van der Waals surface area contributed by atoms with Crippen molar-refractivity contribution in [3.8, 4) is 11.1 Å². The van der Waals surface area contributed by atoms with E-state index in [0.717, 1.165) is 12.1 Å². The van der Waals surface area contributed by atoms with Crippen molar-refractivity contribution in [1.29, 1.82) is 0 Å². The number of halogens is 4. The van der Waals surface area contributed by atoms with Gasteiger partial charge in [-0.1, -0.05) is 0 Å². The first-order valence-electron chi connectivity index (χ1n) is 6.58. The fourth-order valence-electron chi connectivity index (χ4n) is 2.47. The second-order valence-corrected chi connectivity index (χ2v) is 5.97. The van der Waals surface area contributed by atoms with Crippen LogP contribution in [0.5, 0.6) is 0 Å². The number of aliphatic hydroxyl groups excluding tert-OH is 1. The molecule has 0 aliphatic heterocycles. The van der Waals surface area contributed by atoms with Gasteiger partial charge in [0.1, 0.15) is 16.5 Å². The van der Waals surface area contributed by atoms with E-state index in [0.29, 0.717) is 17.4 Å². The molecular formula is C16H8F4O3S. The van der Waals surface area contributed by atoms with Gasteiger partial charge in [-0.3, -0.25) is 0 Å². The predicted octanol–water partition coefficient (Wildman–Crippen LogP) is 4.32. The van der Waals surface area contributed by atoms with E-state index in [1.807, 2.05) is 0 Å². The van der Waals surface area contributed by atoms with Crippen molar-refractivity contribution in [2.24, 2.45) is 0 Å². The highest BCUT2D eigenvalue weighted by Gasteiger charge is 2.26. The van der Waals surface area contributed by atoms with Gasteiger partial charge in [-0.2, -0.15) is 0 Å². The maximum absolute atomic E-state index is 14.5. The lowest BCUT2D eigenvalue weighted by Crippen LogP contribution is -2.03. The average molecular weight is 356 g/mol. The monoisotopic (exact) mass is 356 g/mol. The molecule has 3 rings (SSSR count). The van der Waals surface area contributed by atoms with Crippen LogP contribution in [-0.2, 0) is 6.61 Å². The molecule has 0 saturated heterocycles. The number of fused-ring (bicyclic) bond motifs is 1. The minimum absolute atomic E-state index is 0.186. The summed E-state index contributed by atoms with van der Waals surface area (Å²) in [7, 11) is 0. The molecule has 0 spiro atoms. The van der Waals surface area contributed by atoms with Gasteiger partial charge < -0.3 is 10.2 Å². The van der Waals surface area contributed by atoms with Crippen LogP contribution in [0.4, 0.5) is 17.6 Å². The minimum atomic E-state index is -1.54. The molecule has 1 heterocycles. The molecule has 0 fully saturated rings. The third kappa shape index (κ3) is 2.44. The van der Waals surface area contributed by atoms with E-state index in [-0.39, 0.29) is 20.5 Å². The largest absolute Gasteiger partial charge is 0.477 e. The van der Waals surface area contributed by atoms with E-state index < -0.39 is 47.0 Å². The number of benzene rings is 2. The van der Waals surface area contributed by atoms with E-state index >= 15 is 0 Å². The van der Waals surface area contributed by atoms with Crippen LogP contribution >= 0.6 is 11.3 Å². The molecule has 0 aliphatic carbocycles. The van der Waals surface area contributed by atoms with Crippen LogP contribution in [0.15, 0.2) is 24.3 Å². The molecule has 2 N–H and O–H groups in total. The molecule has 0 aliphatic rings. The number of hydrogen-bond donors (Lipinski definition) is 2. The van der Waals surface area contributed by atoms with Crippen molar-refractivity contribution in [3.63, 3.8) is 0 Å². The van der Waals surface area contributed by atoms with E-state index in [1.54, 1.807) is 0 Å². The second-order valence-electron chi connectivity index (χ2n) is 4.92. The number of aliphatic hydroxyl groups is 1. The summed E-state index contributed by atoms with van der Waals surface area (Å²) in [6, 6.07) is 3.89. The Kier molecular flexibility index (Phi) is 4.02. The summed E-state index contributed by atoms with van der Waals surface area (Å²) < 4.78 is 55.4. The third-order valence-corrected chi connectivity index (χ3v) is 4.66. The van der Waals surface area contributed by atoms with Gasteiger partial charge in [0.15, 0.2) is 11.6 Å². The lowest BCUT2D eigenvalue weighted by atomic mass is 9.98. The van der Waals surface area contributed by atoms with Crippen LogP contribution in [-0.4, -0.2) is 16.2 Å². The standard InChI is InChI=1S/C16H8F4O3S/c17-6-1-2-7-11(3-6)24-15(16(22)23)12(7)8-4-10(18)14(20)9(5-21)13(8)19/h1-4,21H,5H2,(H,22,23). The zero-order chi connectivity index (χ0) is 17.6. The molecule has 3 nitrogen and oxygen atoms in total. The number of carbonyl (C=O) groups is 1. The lowest BCUT2D eigenvalue weighted by molar-refractivity contribution is 0.0703. The maximum Gasteiger partial charge on any atom is 0.346 e. The number of thiophene rings is 1. The Morgan fingerprint density at radius 3 is 2.42 bits per heavy atom. The SMILES string of the molecule is O=C(O)c1sc2cc(F)ccc2c1-c1cc(F)c(F)c(CO)c1F. The fraction of sp³-hybridized carbons (Fsp3) is 0.0625. The van der Waals surface area contributed by atoms with Crippen LogP contribution in [0.2, 0.25) is 0 Å². The highest BCUT2D eigenvalue weighted by atomic mass is 32.1. The van der Waals surface area contributed by atoms with Crippen molar-refractivity contribution in [3.05, 3.63) is 58.0 Å². The van der Waals surface area contributed by atoms with Gasteiger partial charge in [0.2, 0.25) is 0 Å². The van der Waals surface area contributed by atoms with Crippen LogP contribution < -0.4 is 0 Å². The fourth-order valence-corrected chi connectivity index (χ4v) is 3.55. The van der Waals surface area contributed by atoms with E-state index in [1.165, 1.54) is 6.07 Å². The number of rotatable bonds is 3. The van der Waals surface area contributed by atoms with E-state index in [9.17, 15) is 27.5 Å². The van der Waals surface area contributed by atoms with Gasteiger partial charge in [0, 0.05) is 21.2 Å². The zero-order valence-corrected chi connectivity index (χ0v) is 12.6. The zero-order valence-electron chi connectivity index (χ0n) is 11.7. The first-order chi connectivity index (χ1) is 11.3. The Balaban J connectivity index is 2.44. The highest BCUT2D eigenvalue weighted by molar-refractivity contribution is 7.21.